The van der Waals surface area contributed by atoms with Crippen molar-refractivity contribution in [3.05, 3.63) is 35.9 Å². The third-order valence-corrected chi connectivity index (χ3v) is 13.2. The van der Waals surface area contributed by atoms with Crippen molar-refractivity contribution in [1.29, 1.82) is 0 Å². The number of hydrogen-bond acceptors (Lipinski definition) is 13. The third-order valence-electron chi connectivity index (χ3n) is 13.2. The summed E-state index contributed by atoms with van der Waals surface area (Å²) in [7, 11) is 1.53. The van der Waals surface area contributed by atoms with E-state index >= 15 is 0 Å². The first-order valence-electron chi connectivity index (χ1n) is 20.3. The quantitative estimate of drug-likeness (QED) is 0.205. The second-order valence-corrected chi connectivity index (χ2v) is 17.7. The summed E-state index contributed by atoms with van der Waals surface area (Å²) in [5, 5.41) is 49.2. The average molecular weight is 780 g/mol. The van der Waals surface area contributed by atoms with Crippen LogP contribution in [0.1, 0.15) is 100 Å². The van der Waals surface area contributed by atoms with Crippen molar-refractivity contribution >= 4 is 5.97 Å². The first-order chi connectivity index (χ1) is 25.8. The summed E-state index contributed by atoms with van der Waals surface area (Å²) in [6, 6.07) is 9.65. The van der Waals surface area contributed by atoms with Gasteiger partial charge in [-0.1, -0.05) is 58.0 Å². The van der Waals surface area contributed by atoms with Gasteiger partial charge in [0, 0.05) is 38.0 Å². The van der Waals surface area contributed by atoms with Crippen LogP contribution >= 0.6 is 0 Å². The standard InChI is InChI=1S/C42H69NO12/c1-12-30(44)42(10,48)37-24(4)33-22(2)19-41(9,55-33)36(54-39-32(45)29(18-23(3)50-39)43-21-28-16-14-13-15-17-28)25(5)34(26(6)38(47)53-37)52-31-20-40(8,49-11)35(46)27(7)51-31/h13-17,22-27,29-37,39,43-46,48H,12,18-21H2,1-11H3/t22-,23-,24+,25+,26-,27+,29+,30-,31+,32-,33+,34+,35+,36-,37-,39+,40-,41-,42-/m1/s1. The van der Waals surface area contributed by atoms with Crippen LogP contribution in [0.4, 0.5) is 0 Å². The maximum atomic E-state index is 14.4. The van der Waals surface area contributed by atoms with Gasteiger partial charge < -0.3 is 58.9 Å². The Hall–Kier alpha value is -1.75. The number of benzene rings is 1. The predicted molar refractivity (Wildman–Crippen MR) is 203 cm³/mol. The van der Waals surface area contributed by atoms with Crippen LogP contribution in [-0.2, 0) is 44.5 Å². The number of fused-ring (bicyclic) bond motifs is 2. The predicted octanol–water partition coefficient (Wildman–Crippen LogP) is 3.85. The van der Waals surface area contributed by atoms with Crippen LogP contribution in [0.25, 0.3) is 0 Å². The van der Waals surface area contributed by atoms with E-state index in [0.717, 1.165) is 5.56 Å². The molecule has 5 rings (SSSR count). The summed E-state index contributed by atoms with van der Waals surface area (Å²) in [6.07, 6.45) is -7.75. The molecule has 0 radical (unpaired) electrons. The molecule has 4 fully saturated rings. The van der Waals surface area contributed by atoms with E-state index in [0.29, 0.717) is 19.4 Å². The first-order valence-corrected chi connectivity index (χ1v) is 20.3. The molecule has 4 saturated heterocycles. The largest absolute Gasteiger partial charge is 0.459 e. The number of aliphatic hydroxyl groups is 4. The molecule has 19 atom stereocenters. The monoisotopic (exact) mass is 779 g/mol. The maximum Gasteiger partial charge on any atom is 0.311 e. The fraction of sp³-hybridized carbons (Fsp3) is 0.833. The van der Waals surface area contributed by atoms with Crippen molar-refractivity contribution in [3.8, 4) is 0 Å². The van der Waals surface area contributed by atoms with Crippen LogP contribution in [0.15, 0.2) is 30.3 Å². The number of carbonyl (C=O) groups excluding carboxylic acids is 1. The first kappa shape index (κ1) is 44.4. The Morgan fingerprint density at radius 1 is 1.00 bits per heavy atom. The van der Waals surface area contributed by atoms with Gasteiger partial charge in [-0.15, -0.1) is 0 Å². The van der Waals surface area contributed by atoms with Crippen molar-refractivity contribution in [1.82, 2.24) is 5.32 Å². The molecule has 13 heteroatoms. The van der Waals surface area contributed by atoms with Gasteiger partial charge in [0.05, 0.1) is 53.7 Å². The number of hydrogen-bond donors (Lipinski definition) is 5. The number of cyclic esters (lactones) is 1. The molecular formula is C42H69NO12. The molecule has 0 spiro atoms. The normalized spacial score (nSPS) is 45.9. The maximum absolute atomic E-state index is 14.4. The van der Waals surface area contributed by atoms with Gasteiger partial charge in [0.2, 0.25) is 0 Å². The molecule has 5 N–H and O–H groups in total. The van der Waals surface area contributed by atoms with Crippen molar-refractivity contribution in [2.24, 2.45) is 23.7 Å². The highest BCUT2D eigenvalue weighted by Gasteiger charge is 2.59. The van der Waals surface area contributed by atoms with Gasteiger partial charge in [0.25, 0.3) is 0 Å². The molecule has 4 aliphatic heterocycles. The van der Waals surface area contributed by atoms with E-state index in [2.05, 4.69) is 12.2 Å². The van der Waals surface area contributed by atoms with Crippen LogP contribution in [0, 0.1) is 23.7 Å². The molecule has 0 aromatic heterocycles. The van der Waals surface area contributed by atoms with Gasteiger partial charge in [-0.2, -0.15) is 0 Å². The number of carbonyl (C=O) groups is 1. The Morgan fingerprint density at radius 3 is 2.31 bits per heavy atom. The van der Waals surface area contributed by atoms with Gasteiger partial charge in [0.1, 0.15) is 23.9 Å². The zero-order chi connectivity index (χ0) is 40.6. The lowest BCUT2D eigenvalue weighted by molar-refractivity contribution is -0.316. The summed E-state index contributed by atoms with van der Waals surface area (Å²) in [5.74, 6) is -2.76. The second-order valence-electron chi connectivity index (χ2n) is 17.7. The van der Waals surface area contributed by atoms with Gasteiger partial charge in [0.15, 0.2) is 12.6 Å². The molecule has 4 aliphatic rings. The van der Waals surface area contributed by atoms with Gasteiger partial charge in [-0.05, 0) is 72.3 Å². The molecule has 0 unspecified atom stereocenters. The summed E-state index contributed by atoms with van der Waals surface area (Å²) in [6.45, 7) is 18.9. The minimum Gasteiger partial charge on any atom is -0.459 e. The Kier molecular flexibility index (Phi) is 14.2. The molecule has 2 bridgehead atoms. The Morgan fingerprint density at radius 2 is 1.67 bits per heavy atom. The highest BCUT2D eigenvalue weighted by atomic mass is 16.7. The molecular weight excluding hydrogens is 710 g/mol. The van der Waals surface area contributed by atoms with E-state index < -0.39 is 102 Å². The highest BCUT2D eigenvalue weighted by Crippen LogP contribution is 2.48. The lowest BCUT2D eigenvalue weighted by Crippen LogP contribution is -2.60. The van der Waals surface area contributed by atoms with E-state index in [1.807, 2.05) is 58.0 Å². The van der Waals surface area contributed by atoms with Gasteiger partial charge >= 0.3 is 5.97 Å². The van der Waals surface area contributed by atoms with Crippen LogP contribution in [0.5, 0.6) is 0 Å². The summed E-state index contributed by atoms with van der Waals surface area (Å²) in [4.78, 5) is 14.4. The number of rotatable bonds is 11. The van der Waals surface area contributed by atoms with E-state index in [1.54, 1.807) is 27.7 Å². The topological polar surface area (TPSA) is 175 Å². The number of ether oxygens (including phenoxy) is 7. The summed E-state index contributed by atoms with van der Waals surface area (Å²) >= 11 is 0. The summed E-state index contributed by atoms with van der Waals surface area (Å²) in [5.41, 5.74) is -2.69. The zero-order valence-electron chi connectivity index (χ0n) is 34.7. The number of esters is 1. The van der Waals surface area contributed by atoms with Crippen molar-refractivity contribution in [2.75, 3.05) is 7.11 Å². The second kappa shape index (κ2) is 17.6. The van der Waals surface area contributed by atoms with Crippen LogP contribution in [-0.4, -0.2) is 124 Å². The van der Waals surface area contributed by atoms with Crippen LogP contribution in [0.3, 0.4) is 0 Å². The lowest BCUT2D eigenvalue weighted by atomic mass is 9.76. The molecule has 0 aliphatic carbocycles. The van der Waals surface area contributed by atoms with Crippen LogP contribution in [0.2, 0.25) is 0 Å². The molecule has 1 aromatic carbocycles. The van der Waals surface area contributed by atoms with E-state index in [9.17, 15) is 25.2 Å². The fourth-order valence-corrected chi connectivity index (χ4v) is 9.76. The van der Waals surface area contributed by atoms with Crippen LogP contribution < -0.4 is 5.32 Å². The third kappa shape index (κ3) is 9.28. The number of aliphatic hydroxyl groups excluding tert-OH is 3. The highest BCUT2D eigenvalue weighted by molar-refractivity contribution is 5.73. The summed E-state index contributed by atoms with van der Waals surface area (Å²) < 4.78 is 45.4. The zero-order valence-corrected chi connectivity index (χ0v) is 34.7. The van der Waals surface area contributed by atoms with Crippen molar-refractivity contribution < 1.29 is 58.4 Å². The van der Waals surface area contributed by atoms with E-state index in [1.165, 1.54) is 14.0 Å². The lowest BCUT2D eigenvalue weighted by Gasteiger charge is -2.48. The van der Waals surface area contributed by atoms with E-state index in [-0.39, 0.29) is 30.9 Å². The minimum atomic E-state index is -1.80. The van der Waals surface area contributed by atoms with Crippen molar-refractivity contribution in [2.45, 2.75) is 192 Å². The van der Waals surface area contributed by atoms with Gasteiger partial charge in [-0.3, -0.25) is 4.79 Å². The Labute approximate surface area is 327 Å². The number of methoxy groups -OCH3 is 1. The number of nitrogens with one attached hydrogen (secondary N) is 1. The molecule has 1 aromatic rings. The molecule has 0 saturated carbocycles. The molecule has 13 nitrogen and oxygen atoms in total. The Balaban J connectivity index is 1.54. The molecule has 55 heavy (non-hydrogen) atoms. The SMILES string of the molecule is CC[C@@H](O)[C@@](C)(O)[C@@H]1OC(=O)[C@H](C)[C@@H](O[C@H]2C[C@@](C)(OC)[C@@H](O)[C@H](C)O2)[C@H](C)[C@@H](O[C@@H]2O[C@H](C)C[C@H](NCc3ccccc3)[C@H]2O)[C@@]2(C)C[C@@H](C)[C@H](O2)[C@@H]1C. The smallest absolute Gasteiger partial charge is 0.311 e. The van der Waals surface area contributed by atoms with Crippen molar-refractivity contribution in [3.63, 3.8) is 0 Å². The Bertz CT molecular complexity index is 1400. The molecule has 314 valence electrons. The molecule has 0 amide bonds. The minimum absolute atomic E-state index is 0.0758. The van der Waals surface area contributed by atoms with Gasteiger partial charge in [-0.25, -0.2) is 0 Å². The van der Waals surface area contributed by atoms with E-state index in [4.69, 9.17) is 33.2 Å². The molecule has 4 heterocycles. The fourth-order valence-electron chi connectivity index (χ4n) is 9.76. The average Bonchev–Trinajstić information content (AvgIpc) is 3.47.